The minimum atomic E-state index is 0.162. The summed E-state index contributed by atoms with van der Waals surface area (Å²) in [6.45, 7) is 4.18. The highest BCUT2D eigenvalue weighted by Crippen LogP contribution is 2.43. The van der Waals surface area contributed by atoms with Crippen molar-refractivity contribution in [2.24, 2.45) is 17.6 Å². The molecule has 0 bridgehead atoms. The number of likely N-dealkylation sites (N-methyl/N-ethyl adjacent to an activating group) is 1. The minimum absolute atomic E-state index is 0.162. The van der Waals surface area contributed by atoms with Crippen LogP contribution in [0.25, 0.3) is 0 Å². The molecule has 2 N–H and O–H groups in total. The molecule has 1 heterocycles. The molecular weight excluding hydrogens is 276 g/mol. The van der Waals surface area contributed by atoms with Gasteiger partial charge in [-0.25, -0.2) is 0 Å². The zero-order valence-corrected chi connectivity index (χ0v) is 12.7. The van der Waals surface area contributed by atoms with E-state index in [-0.39, 0.29) is 12.8 Å². The van der Waals surface area contributed by atoms with Crippen LogP contribution in [0.5, 0.6) is 11.5 Å². The third kappa shape index (κ3) is 2.60. The lowest BCUT2D eigenvalue weighted by molar-refractivity contribution is 0.174. The molecule has 1 aliphatic heterocycles. The first kappa shape index (κ1) is 14.0. The quantitative estimate of drug-likeness (QED) is 0.907. The second-order valence-electron chi connectivity index (χ2n) is 5.90. The first-order chi connectivity index (χ1) is 9.60. The standard InChI is InChI=1S/C15H21ClN2O2/c1-9-3-11(9)7-18(2)13(6-17)10-4-12(16)15-14(5-10)19-8-20-15/h4-5,9,11,13H,3,6-8,17H2,1-2H3. The highest BCUT2D eigenvalue weighted by atomic mass is 35.5. The number of hydrogen-bond acceptors (Lipinski definition) is 4. The van der Waals surface area contributed by atoms with Gasteiger partial charge in [-0.2, -0.15) is 0 Å². The summed E-state index contributed by atoms with van der Waals surface area (Å²) in [5.41, 5.74) is 7.07. The Kier molecular flexibility index (Phi) is 3.80. The molecule has 3 rings (SSSR count). The van der Waals surface area contributed by atoms with Gasteiger partial charge in [0.15, 0.2) is 11.5 Å². The number of nitrogens with zero attached hydrogens (tertiary/aromatic N) is 1. The highest BCUT2D eigenvalue weighted by Gasteiger charge is 2.34. The molecule has 1 aromatic rings. The fourth-order valence-corrected chi connectivity index (χ4v) is 3.17. The maximum absolute atomic E-state index is 6.26. The summed E-state index contributed by atoms with van der Waals surface area (Å²) >= 11 is 6.26. The molecule has 3 atom stereocenters. The van der Waals surface area contributed by atoms with E-state index in [1.165, 1.54) is 6.42 Å². The Morgan fingerprint density at radius 2 is 2.20 bits per heavy atom. The fourth-order valence-electron chi connectivity index (χ4n) is 2.90. The monoisotopic (exact) mass is 296 g/mol. The predicted octanol–water partition coefficient (Wildman–Crippen LogP) is 2.66. The van der Waals surface area contributed by atoms with Crippen LogP contribution >= 0.6 is 11.6 Å². The van der Waals surface area contributed by atoms with E-state index in [4.69, 9.17) is 26.8 Å². The molecule has 0 amide bonds. The molecule has 5 heteroatoms. The van der Waals surface area contributed by atoms with Gasteiger partial charge < -0.3 is 15.2 Å². The van der Waals surface area contributed by atoms with Gasteiger partial charge in [0, 0.05) is 19.1 Å². The van der Waals surface area contributed by atoms with Crippen LogP contribution in [0.3, 0.4) is 0 Å². The lowest BCUT2D eigenvalue weighted by Crippen LogP contribution is -2.32. The third-order valence-corrected chi connectivity index (χ3v) is 4.67. The molecular formula is C15H21ClN2O2. The van der Waals surface area contributed by atoms with Crippen molar-refractivity contribution < 1.29 is 9.47 Å². The van der Waals surface area contributed by atoms with Crippen molar-refractivity contribution in [3.63, 3.8) is 0 Å². The van der Waals surface area contributed by atoms with Gasteiger partial charge in [-0.3, -0.25) is 4.90 Å². The van der Waals surface area contributed by atoms with Crippen LogP contribution in [0, 0.1) is 11.8 Å². The zero-order valence-electron chi connectivity index (χ0n) is 11.9. The van der Waals surface area contributed by atoms with Gasteiger partial charge in [0.05, 0.1) is 5.02 Å². The Labute approximate surface area is 124 Å². The summed E-state index contributed by atoms with van der Waals surface area (Å²) in [6.07, 6.45) is 1.32. The lowest BCUT2D eigenvalue weighted by Gasteiger charge is -2.27. The van der Waals surface area contributed by atoms with E-state index >= 15 is 0 Å². The molecule has 0 radical (unpaired) electrons. The van der Waals surface area contributed by atoms with Crippen molar-refractivity contribution in [2.45, 2.75) is 19.4 Å². The van der Waals surface area contributed by atoms with Crippen LogP contribution in [0.4, 0.5) is 0 Å². The second kappa shape index (κ2) is 5.43. The lowest BCUT2D eigenvalue weighted by atomic mass is 10.0. The molecule has 4 nitrogen and oxygen atoms in total. The molecule has 110 valence electrons. The smallest absolute Gasteiger partial charge is 0.231 e. The first-order valence-electron chi connectivity index (χ1n) is 7.09. The van der Waals surface area contributed by atoms with E-state index < -0.39 is 0 Å². The number of benzene rings is 1. The second-order valence-corrected chi connectivity index (χ2v) is 6.31. The summed E-state index contributed by atoms with van der Waals surface area (Å²) in [5, 5.41) is 0.599. The Morgan fingerprint density at radius 1 is 1.45 bits per heavy atom. The van der Waals surface area contributed by atoms with Crippen molar-refractivity contribution in [3.05, 3.63) is 22.7 Å². The molecule has 3 unspecified atom stereocenters. The SMILES string of the molecule is CC1CC1CN(C)C(CN)c1cc(Cl)c2c(c1)OCO2. The van der Waals surface area contributed by atoms with E-state index in [2.05, 4.69) is 18.9 Å². The van der Waals surface area contributed by atoms with Gasteiger partial charge in [-0.15, -0.1) is 0 Å². The van der Waals surface area contributed by atoms with Crippen LogP contribution in [-0.4, -0.2) is 31.8 Å². The van der Waals surface area contributed by atoms with E-state index in [9.17, 15) is 0 Å². The number of nitrogens with two attached hydrogens (primary N) is 1. The Bertz CT molecular complexity index is 509. The number of rotatable bonds is 5. The van der Waals surface area contributed by atoms with Crippen molar-refractivity contribution in [2.75, 3.05) is 26.9 Å². The van der Waals surface area contributed by atoms with E-state index in [1.807, 2.05) is 12.1 Å². The van der Waals surface area contributed by atoms with Gasteiger partial charge in [0.25, 0.3) is 0 Å². The molecule has 1 fully saturated rings. The molecule has 20 heavy (non-hydrogen) atoms. The molecule has 1 saturated carbocycles. The molecule has 1 aliphatic carbocycles. The van der Waals surface area contributed by atoms with E-state index in [0.717, 1.165) is 29.7 Å². The van der Waals surface area contributed by atoms with E-state index in [1.54, 1.807) is 0 Å². The minimum Gasteiger partial charge on any atom is -0.454 e. The molecule has 1 aromatic carbocycles. The van der Waals surface area contributed by atoms with Gasteiger partial charge in [0.2, 0.25) is 6.79 Å². The number of ether oxygens (including phenoxy) is 2. The topological polar surface area (TPSA) is 47.7 Å². The van der Waals surface area contributed by atoms with Crippen LogP contribution in [0.1, 0.15) is 24.9 Å². The summed E-state index contributed by atoms with van der Waals surface area (Å²) in [5.74, 6) is 3.01. The van der Waals surface area contributed by atoms with Crippen molar-refractivity contribution >= 4 is 11.6 Å². The van der Waals surface area contributed by atoms with Gasteiger partial charge in [-0.05, 0) is 43.0 Å². The summed E-state index contributed by atoms with van der Waals surface area (Å²) in [7, 11) is 2.13. The summed E-state index contributed by atoms with van der Waals surface area (Å²) in [6, 6.07) is 4.10. The number of fused-ring (bicyclic) bond motifs is 1. The number of hydrogen-bond donors (Lipinski definition) is 1. The first-order valence-corrected chi connectivity index (χ1v) is 7.47. The maximum atomic E-state index is 6.26. The molecule has 0 aromatic heterocycles. The third-order valence-electron chi connectivity index (χ3n) is 4.39. The molecule has 0 spiro atoms. The predicted molar refractivity (Wildman–Crippen MR) is 79.3 cm³/mol. The summed E-state index contributed by atoms with van der Waals surface area (Å²) < 4.78 is 10.8. The maximum Gasteiger partial charge on any atom is 0.231 e. The Morgan fingerprint density at radius 3 is 2.85 bits per heavy atom. The average molecular weight is 297 g/mol. The average Bonchev–Trinajstić information content (AvgIpc) is 2.91. The largest absolute Gasteiger partial charge is 0.454 e. The van der Waals surface area contributed by atoms with E-state index in [0.29, 0.717) is 17.3 Å². The Hall–Kier alpha value is -0.970. The molecule has 0 saturated heterocycles. The van der Waals surface area contributed by atoms with Crippen LogP contribution in [-0.2, 0) is 0 Å². The van der Waals surface area contributed by atoms with Gasteiger partial charge in [-0.1, -0.05) is 18.5 Å². The Balaban J connectivity index is 1.80. The van der Waals surface area contributed by atoms with Crippen LogP contribution in [0.2, 0.25) is 5.02 Å². The fraction of sp³-hybridized carbons (Fsp3) is 0.600. The van der Waals surface area contributed by atoms with Crippen LogP contribution in [0.15, 0.2) is 12.1 Å². The van der Waals surface area contributed by atoms with Gasteiger partial charge >= 0.3 is 0 Å². The summed E-state index contributed by atoms with van der Waals surface area (Å²) in [4.78, 5) is 2.32. The normalized spacial score (nSPS) is 25.1. The van der Waals surface area contributed by atoms with Crippen LogP contribution < -0.4 is 15.2 Å². The van der Waals surface area contributed by atoms with Crippen molar-refractivity contribution in [1.82, 2.24) is 4.90 Å². The van der Waals surface area contributed by atoms with Crippen molar-refractivity contribution in [3.8, 4) is 11.5 Å². The highest BCUT2D eigenvalue weighted by molar-refractivity contribution is 6.32. The number of halogens is 1. The zero-order chi connectivity index (χ0) is 14.3. The molecule has 2 aliphatic rings. The van der Waals surface area contributed by atoms with Crippen molar-refractivity contribution in [1.29, 1.82) is 0 Å². The van der Waals surface area contributed by atoms with Gasteiger partial charge in [0.1, 0.15) is 0 Å².